The summed E-state index contributed by atoms with van der Waals surface area (Å²) in [6, 6.07) is 4.33. The van der Waals surface area contributed by atoms with E-state index in [1.165, 1.54) is 38.2 Å². The van der Waals surface area contributed by atoms with Gasteiger partial charge in [-0.3, -0.25) is 0 Å². The summed E-state index contributed by atoms with van der Waals surface area (Å²) in [5, 5.41) is 0. The van der Waals surface area contributed by atoms with Crippen LogP contribution in [0.5, 0.6) is 0 Å². The zero-order valence-corrected chi connectivity index (χ0v) is 16.7. The molecule has 0 aliphatic carbocycles. The van der Waals surface area contributed by atoms with Gasteiger partial charge in [0.25, 0.3) is 0 Å². The molecule has 0 amide bonds. The number of carbonyl (C=O) groups is 1. The quantitative estimate of drug-likeness (QED) is 0.359. The average molecular weight is 381 g/mol. The second-order valence-electron chi connectivity index (χ2n) is 7.29. The maximum Gasteiger partial charge on any atom is 0.338 e. The molecule has 1 aromatic carbocycles. The summed E-state index contributed by atoms with van der Waals surface area (Å²) in [5.41, 5.74) is 0.551. The minimum absolute atomic E-state index is 0.216. The van der Waals surface area contributed by atoms with Crippen molar-refractivity contribution in [2.45, 2.75) is 71.5 Å². The first kappa shape index (κ1) is 21.8. The third kappa shape index (κ3) is 7.23. The molecule has 4 nitrogen and oxygen atoms in total. The van der Waals surface area contributed by atoms with Crippen LogP contribution in [-0.4, -0.2) is 25.8 Å². The lowest BCUT2D eigenvalue weighted by atomic mass is 10.0. The molecule has 0 spiro atoms. The highest BCUT2D eigenvalue weighted by Gasteiger charge is 2.26. The summed E-state index contributed by atoms with van der Waals surface area (Å²) < 4.78 is 31.0. The van der Waals surface area contributed by atoms with Gasteiger partial charge in [-0.1, -0.05) is 58.4 Å². The van der Waals surface area contributed by atoms with E-state index in [9.17, 15) is 9.18 Å². The fourth-order valence-electron chi connectivity index (χ4n) is 3.16. The first-order chi connectivity index (χ1) is 13.2. The van der Waals surface area contributed by atoms with Crippen molar-refractivity contribution in [3.8, 4) is 0 Å². The third-order valence-corrected chi connectivity index (χ3v) is 4.90. The monoisotopic (exact) mass is 380 g/mol. The molecule has 5 heteroatoms. The summed E-state index contributed by atoms with van der Waals surface area (Å²) in [5.74, 6) is -0.621. The van der Waals surface area contributed by atoms with Crippen molar-refractivity contribution < 1.29 is 23.4 Å². The zero-order valence-electron chi connectivity index (χ0n) is 16.7. The highest BCUT2D eigenvalue weighted by molar-refractivity contribution is 5.89. The molecular formula is C22H33FO4. The van der Waals surface area contributed by atoms with E-state index in [1.807, 2.05) is 6.92 Å². The van der Waals surface area contributed by atoms with Crippen molar-refractivity contribution in [2.75, 3.05) is 19.8 Å². The molecule has 1 aliphatic heterocycles. The molecule has 1 aliphatic rings. The van der Waals surface area contributed by atoms with Crippen LogP contribution in [0.1, 0.15) is 87.4 Å². The molecule has 0 N–H and O–H groups in total. The fraction of sp³-hybridized carbons (Fsp3) is 0.682. The van der Waals surface area contributed by atoms with Crippen LogP contribution in [-0.2, 0) is 14.2 Å². The van der Waals surface area contributed by atoms with Gasteiger partial charge in [0.15, 0.2) is 6.29 Å². The first-order valence-corrected chi connectivity index (χ1v) is 10.4. The minimum atomic E-state index is -0.702. The molecule has 0 saturated carbocycles. The maximum absolute atomic E-state index is 14.4. The van der Waals surface area contributed by atoms with Crippen LogP contribution in [0.15, 0.2) is 18.2 Å². The second-order valence-corrected chi connectivity index (χ2v) is 7.29. The topological polar surface area (TPSA) is 44.8 Å². The highest BCUT2D eigenvalue weighted by atomic mass is 19.1. The van der Waals surface area contributed by atoms with E-state index in [0.29, 0.717) is 31.3 Å². The summed E-state index contributed by atoms with van der Waals surface area (Å²) in [6.45, 7) is 5.75. The molecule has 0 aromatic heterocycles. The second kappa shape index (κ2) is 12.1. The standard InChI is InChI=1S/C22H33FO4/c1-3-5-7-8-9-10-17-15-26-22(27-16-17)19-12-11-18(14-20(19)23)21(24)25-13-6-4-2/h11-12,14,17,22H,3-10,13,15-16H2,1-2H3. The number of esters is 1. The largest absolute Gasteiger partial charge is 0.462 e. The van der Waals surface area contributed by atoms with Crippen molar-refractivity contribution in [1.29, 1.82) is 0 Å². The Kier molecular flexibility index (Phi) is 9.78. The van der Waals surface area contributed by atoms with Gasteiger partial charge in [-0.25, -0.2) is 9.18 Å². The summed E-state index contributed by atoms with van der Waals surface area (Å²) in [6.07, 6.45) is 8.38. The smallest absolute Gasteiger partial charge is 0.338 e. The zero-order chi connectivity index (χ0) is 19.5. The molecule has 0 radical (unpaired) electrons. The number of carbonyl (C=O) groups excluding carboxylic acids is 1. The van der Waals surface area contributed by atoms with Gasteiger partial charge < -0.3 is 14.2 Å². The molecular weight excluding hydrogens is 347 g/mol. The van der Waals surface area contributed by atoms with Gasteiger partial charge in [0.05, 0.1) is 25.4 Å². The molecule has 2 rings (SSSR count). The maximum atomic E-state index is 14.4. The van der Waals surface area contributed by atoms with E-state index in [1.54, 1.807) is 12.1 Å². The van der Waals surface area contributed by atoms with Gasteiger partial charge in [-0.2, -0.15) is 0 Å². The van der Waals surface area contributed by atoms with Gasteiger partial charge in [-0.15, -0.1) is 0 Å². The summed E-state index contributed by atoms with van der Waals surface area (Å²) >= 11 is 0. The van der Waals surface area contributed by atoms with Crippen molar-refractivity contribution in [2.24, 2.45) is 5.92 Å². The summed E-state index contributed by atoms with van der Waals surface area (Å²) in [7, 11) is 0. The van der Waals surface area contributed by atoms with Crippen LogP contribution in [0.4, 0.5) is 4.39 Å². The molecule has 0 atom stereocenters. The van der Waals surface area contributed by atoms with E-state index >= 15 is 0 Å². The number of halogens is 1. The van der Waals surface area contributed by atoms with Crippen LogP contribution < -0.4 is 0 Å². The molecule has 152 valence electrons. The van der Waals surface area contributed by atoms with Gasteiger partial charge in [0.2, 0.25) is 0 Å². The van der Waals surface area contributed by atoms with Crippen LogP contribution in [0.2, 0.25) is 0 Å². The number of hydrogen-bond acceptors (Lipinski definition) is 4. The number of benzene rings is 1. The first-order valence-electron chi connectivity index (χ1n) is 10.4. The van der Waals surface area contributed by atoms with Gasteiger partial charge >= 0.3 is 5.97 Å². The van der Waals surface area contributed by atoms with Crippen molar-refractivity contribution in [3.63, 3.8) is 0 Å². The molecule has 1 heterocycles. The molecule has 1 fully saturated rings. The normalized spacial score (nSPS) is 19.8. The lowest BCUT2D eigenvalue weighted by Gasteiger charge is -2.30. The van der Waals surface area contributed by atoms with Gasteiger partial charge in [0.1, 0.15) is 5.82 Å². The molecule has 0 bridgehead atoms. The Morgan fingerprint density at radius 2 is 1.78 bits per heavy atom. The average Bonchev–Trinajstić information content (AvgIpc) is 2.68. The highest BCUT2D eigenvalue weighted by Crippen LogP contribution is 2.29. The van der Waals surface area contributed by atoms with E-state index in [0.717, 1.165) is 19.3 Å². The van der Waals surface area contributed by atoms with E-state index in [-0.39, 0.29) is 5.56 Å². The Morgan fingerprint density at radius 3 is 2.44 bits per heavy atom. The van der Waals surface area contributed by atoms with Crippen molar-refractivity contribution in [1.82, 2.24) is 0 Å². The number of rotatable bonds is 11. The van der Waals surface area contributed by atoms with Gasteiger partial charge in [-0.05, 0) is 25.0 Å². The number of ether oxygens (including phenoxy) is 3. The van der Waals surface area contributed by atoms with Crippen molar-refractivity contribution >= 4 is 5.97 Å². The minimum Gasteiger partial charge on any atom is -0.462 e. The van der Waals surface area contributed by atoms with Crippen LogP contribution in [0.25, 0.3) is 0 Å². The molecule has 1 saturated heterocycles. The van der Waals surface area contributed by atoms with Crippen molar-refractivity contribution in [3.05, 3.63) is 35.1 Å². The van der Waals surface area contributed by atoms with Gasteiger partial charge in [0, 0.05) is 11.5 Å². The Morgan fingerprint density at radius 1 is 1.07 bits per heavy atom. The number of unbranched alkanes of at least 4 members (excludes halogenated alkanes) is 5. The van der Waals surface area contributed by atoms with E-state index in [4.69, 9.17) is 14.2 Å². The fourth-order valence-corrected chi connectivity index (χ4v) is 3.16. The van der Waals surface area contributed by atoms with E-state index < -0.39 is 18.1 Å². The Hall–Kier alpha value is -1.46. The predicted octanol–water partition coefficient (Wildman–Crippen LogP) is 5.80. The molecule has 1 aromatic rings. The third-order valence-electron chi connectivity index (χ3n) is 4.90. The lowest BCUT2D eigenvalue weighted by molar-refractivity contribution is -0.207. The van der Waals surface area contributed by atoms with E-state index in [2.05, 4.69) is 6.92 Å². The molecule has 27 heavy (non-hydrogen) atoms. The predicted molar refractivity (Wildman–Crippen MR) is 103 cm³/mol. The Bertz CT molecular complexity index is 567. The van der Waals surface area contributed by atoms with Crippen LogP contribution in [0.3, 0.4) is 0 Å². The number of hydrogen-bond donors (Lipinski definition) is 0. The Balaban J connectivity index is 1.79. The Labute approximate surface area is 162 Å². The molecule has 0 unspecified atom stereocenters. The van der Waals surface area contributed by atoms with Crippen LogP contribution in [0, 0.1) is 11.7 Å². The lowest BCUT2D eigenvalue weighted by Crippen LogP contribution is -2.27. The summed E-state index contributed by atoms with van der Waals surface area (Å²) in [4.78, 5) is 11.9. The SMILES string of the molecule is CCCCCCCC1COC(c2ccc(C(=O)OCCCC)cc2F)OC1. The van der Waals surface area contributed by atoms with Crippen LogP contribution >= 0.6 is 0 Å².